The van der Waals surface area contributed by atoms with Crippen molar-refractivity contribution in [2.45, 2.75) is 24.9 Å². The summed E-state index contributed by atoms with van der Waals surface area (Å²) >= 11 is 7.81. The molecule has 34 heavy (non-hydrogen) atoms. The van der Waals surface area contributed by atoms with E-state index in [1.165, 1.54) is 0 Å². The van der Waals surface area contributed by atoms with Crippen molar-refractivity contribution in [2.75, 3.05) is 18.2 Å². The summed E-state index contributed by atoms with van der Waals surface area (Å²) in [5.41, 5.74) is 3.46. The highest BCUT2D eigenvalue weighted by Gasteiger charge is 2.42. The van der Waals surface area contributed by atoms with Crippen LogP contribution in [0.4, 0.5) is 10.5 Å². The highest BCUT2D eigenvalue weighted by molar-refractivity contribution is 7.99. The number of rotatable bonds is 6. The number of amides is 3. The number of carbonyl (C=O) groups is 2. The van der Waals surface area contributed by atoms with Crippen molar-refractivity contribution >= 4 is 41.0 Å². The van der Waals surface area contributed by atoms with Crippen LogP contribution in [0.15, 0.2) is 72.8 Å². The van der Waals surface area contributed by atoms with E-state index in [1.807, 2.05) is 61.5 Å². The predicted octanol–water partition coefficient (Wildman–Crippen LogP) is 5.62. The average Bonchev–Trinajstić information content (AvgIpc) is 3.29. The number of para-hydroxylation sites is 2. The van der Waals surface area contributed by atoms with Crippen LogP contribution in [-0.2, 0) is 11.3 Å². The number of thioether (sulfide) groups is 1. The van der Waals surface area contributed by atoms with Gasteiger partial charge in [-0.1, -0.05) is 71.8 Å². The fourth-order valence-electron chi connectivity index (χ4n) is 3.81. The minimum atomic E-state index is -0.645. The van der Waals surface area contributed by atoms with Crippen molar-refractivity contribution in [1.29, 1.82) is 0 Å². The van der Waals surface area contributed by atoms with Gasteiger partial charge in [0.25, 0.3) is 0 Å². The molecule has 0 bridgehead atoms. The van der Waals surface area contributed by atoms with Gasteiger partial charge in [0.1, 0.15) is 17.2 Å². The Hall–Kier alpha value is -3.16. The highest BCUT2D eigenvalue weighted by Crippen LogP contribution is 2.42. The van der Waals surface area contributed by atoms with Gasteiger partial charge in [-0.25, -0.2) is 4.79 Å². The summed E-state index contributed by atoms with van der Waals surface area (Å²) in [5.74, 6) is 0.804. The Labute approximate surface area is 208 Å². The second kappa shape index (κ2) is 10.8. The lowest BCUT2D eigenvalue weighted by atomic mass is 10.1. The Bertz CT molecular complexity index is 1170. The molecule has 0 radical (unpaired) electrons. The average molecular weight is 496 g/mol. The molecule has 1 aliphatic rings. The molecule has 0 unspecified atom stereocenters. The summed E-state index contributed by atoms with van der Waals surface area (Å²) in [6, 6.07) is 21.6. The van der Waals surface area contributed by atoms with E-state index in [0.717, 1.165) is 16.7 Å². The Kier molecular flexibility index (Phi) is 7.65. The van der Waals surface area contributed by atoms with Crippen molar-refractivity contribution in [3.63, 3.8) is 0 Å². The van der Waals surface area contributed by atoms with Crippen LogP contribution in [0.5, 0.6) is 5.75 Å². The van der Waals surface area contributed by atoms with E-state index >= 15 is 0 Å². The van der Waals surface area contributed by atoms with Gasteiger partial charge in [0.2, 0.25) is 5.91 Å². The molecule has 0 aromatic heterocycles. The summed E-state index contributed by atoms with van der Waals surface area (Å²) in [4.78, 5) is 28.4. The van der Waals surface area contributed by atoms with E-state index in [2.05, 4.69) is 10.6 Å². The number of benzene rings is 3. The molecule has 1 saturated heterocycles. The van der Waals surface area contributed by atoms with Gasteiger partial charge < -0.3 is 15.4 Å². The molecule has 3 aromatic carbocycles. The minimum Gasteiger partial charge on any atom is -0.495 e. The maximum Gasteiger partial charge on any atom is 0.323 e. The lowest BCUT2D eigenvalue weighted by molar-refractivity contribution is -0.124. The van der Waals surface area contributed by atoms with Crippen LogP contribution in [-0.4, -0.2) is 35.7 Å². The standard InChI is InChI=1S/C26H26ClN3O3S/c1-17-11-13-18(14-12-17)25-30(26(32)29-21-9-5-6-10-23(21)33-2)22(16-34-25)24(31)28-15-19-7-3-4-8-20(19)27/h3-14,22,25H,15-16H2,1-2H3,(H,28,31)(H,29,32)/t22-,25-/m1/s1. The molecule has 2 atom stereocenters. The number of nitrogens with one attached hydrogen (secondary N) is 2. The summed E-state index contributed by atoms with van der Waals surface area (Å²) in [6.45, 7) is 2.31. The number of aryl methyl sites for hydroxylation is 1. The highest BCUT2D eigenvalue weighted by atomic mass is 35.5. The van der Waals surface area contributed by atoms with Crippen molar-refractivity contribution in [3.8, 4) is 5.75 Å². The number of hydrogen-bond acceptors (Lipinski definition) is 4. The van der Waals surface area contributed by atoms with Crippen molar-refractivity contribution < 1.29 is 14.3 Å². The van der Waals surface area contributed by atoms with Gasteiger partial charge in [-0.15, -0.1) is 11.8 Å². The summed E-state index contributed by atoms with van der Waals surface area (Å²) in [5, 5.41) is 6.17. The second-order valence-electron chi connectivity index (χ2n) is 7.96. The molecule has 4 rings (SSSR count). The third-order valence-corrected chi connectivity index (χ3v) is 7.35. The monoisotopic (exact) mass is 495 g/mol. The SMILES string of the molecule is COc1ccccc1NC(=O)N1[C@@H](C(=O)NCc2ccccc2Cl)CS[C@@H]1c1ccc(C)cc1. The van der Waals surface area contributed by atoms with Crippen molar-refractivity contribution in [2.24, 2.45) is 0 Å². The second-order valence-corrected chi connectivity index (χ2v) is 9.48. The summed E-state index contributed by atoms with van der Waals surface area (Å²) in [6.07, 6.45) is 0. The molecule has 0 aliphatic carbocycles. The first-order valence-corrected chi connectivity index (χ1v) is 12.3. The van der Waals surface area contributed by atoms with Crippen molar-refractivity contribution in [1.82, 2.24) is 10.2 Å². The van der Waals surface area contributed by atoms with E-state index in [9.17, 15) is 9.59 Å². The van der Waals surface area contributed by atoms with Gasteiger partial charge in [-0.3, -0.25) is 9.69 Å². The maximum atomic E-state index is 13.5. The van der Waals surface area contributed by atoms with Crippen LogP contribution < -0.4 is 15.4 Å². The Balaban J connectivity index is 1.58. The molecule has 1 heterocycles. The number of carbonyl (C=O) groups excluding carboxylic acids is 2. The lowest BCUT2D eigenvalue weighted by Gasteiger charge is -2.29. The molecule has 8 heteroatoms. The number of urea groups is 1. The van der Waals surface area contributed by atoms with Crippen molar-refractivity contribution in [3.05, 3.63) is 94.5 Å². The number of anilines is 1. The quantitative estimate of drug-likeness (QED) is 0.465. The van der Waals surface area contributed by atoms with Crippen LogP contribution >= 0.6 is 23.4 Å². The molecule has 1 fully saturated rings. The normalized spacial score (nSPS) is 17.3. The van der Waals surface area contributed by atoms with E-state index in [4.69, 9.17) is 16.3 Å². The van der Waals surface area contributed by atoms with E-state index < -0.39 is 6.04 Å². The first-order valence-electron chi connectivity index (χ1n) is 10.9. The third kappa shape index (κ3) is 5.32. The Morgan fingerprint density at radius 3 is 2.50 bits per heavy atom. The van der Waals surface area contributed by atoms with Crippen LogP contribution in [0, 0.1) is 6.92 Å². The molecule has 3 amide bonds. The molecule has 176 valence electrons. The van der Waals surface area contributed by atoms with Gasteiger partial charge in [0, 0.05) is 17.3 Å². The minimum absolute atomic E-state index is 0.225. The van der Waals surface area contributed by atoms with Gasteiger partial charge in [-0.2, -0.15) is 0 Å². The fourth-order valence-corrected chi connectivity index (χ4v) is 5.45. The zero-order valence-electron chi connectivity index (χ0n) is 19.0. The third-order valence-electron chi connectivity index (χ3n) is 5.66. The maximum absolute atomic E-state index is 13.5. The van der Waals surface area contributed by atoms with E-state index in [1.54, 1.807) is 42.0 Å². The molecular weight excluding hydrogens is 470 g/mol. The molecule has 0 spiro atoms. The zero-order valence-corrected chi connectivity index (χ0v) is 20.5. The van der Waals surface area contributed by atoms with Crippen LogP contribution in [0.2, 0.25) is 5.02 Å². The first kappa shape index (κ1) is 24.0. The number of hydrogen-bond donors (Lipinski definition) is 2. The van der Waals surface area contributed by atoms with Crippen LogP contribution in [0.1, 0.15) is 22.1 Å². The van der Waals surface area contributed by atoms with Gasteiger partial charge in [-0.05, 0) is 36.2 Å². The van der Waals surface area contributed by atoms with Gasteiger partial charge in [0.15, 0.2) is 0 Å². The molecule has 0 saturated carbocycles. The number of methoxy groups -OCH3 is 1. The number of nitrogens with zero attached hydrogens (tertiary/aromatic N) is 1. The molecule has 1 aliphatic heterocycles. The lowest BCUT2D eigenvalue weighted by Crippen LogP contribution is -2.49. The topological polar surface area (TPSA) is 70.7 Å². The zero-order chi connectivity index (χ0) is 24.1. The Morgan fingerprint density at radius 1 is 1.06 bits per heavy atom. The Morgan fingerprint density at radius 2 is 1.76 bits per heavy atom. The first-order chi connectivity index (χ1) is 16.5. The number of halogens is 1. The smallest absolute Gasteiger partial charge is 0.323 e. The van der Waals surface area contributed by atoms with Crippen LogP contribution in [0.25, 0.3) is 0 Å². The fraction of sp³-hybridized carbons (Fsp3) is 0.231. The summed E-state index contributed by atoms with van der Waals surface area (Å²) in [7, 11) is 1.55. The molecular formula is C26H26ClN3O3S. The predicted molar refractivity (Wildman–Crippen MR) is 137 cm³/mol. The van der Waals surface area contributed by atoms with E-state index in [0.29, 0.717) is 22.2 Å². The molecule has 2 N–H and O–H groups in total. The van der Waals surface area contributed by atoms with Crippen LogP contribution in [0.3, 0.4) is 0 Å². The molecule has 6 nitrogen and oxygen atoms in total. The number of ether oxygens (including phenoxy) is 1. The molecule has 3 aromatic rings. The largest absolute Gasteiger partial charge is 0.495 e. The van der Waals surface area contributed by atoms with Gasteiger partial charge in [0.05, 0.1) is 12.8 Å². The van der Waals surface area contributed by atoms with E-state index in [-0.39, 0.29) is 23.9 Å². The van der Waals surface area contributed by atoms with Gasteiger partial charge >= 0.3 is 6.03 Å². The summed E-state index contributed by atoms with van der Waals surface area (Å²) < 4.78 is 5.38.